The molecule has 2 N–H and O–H groups in total. The van der Waals surface area contributed by atoms with Crippen LogP contribution in [0, 0.1) is 0 Å². The van der Waals surface area contributed by atoms with Crippen molar-refractivity contribution >= 4 is 16.6 Å². The average Bonchev–Trinajstić information content (AvgIpc) is 2.37. The molecular formula is C16H23N3O. The second-order valence-corrected chi connectivity index (χ2v) is 5.41. The highest BCUT2D eigenvalue weighted by atomic mass is 16.5. The second kappa shape index (κ2) is 6.09. The molecule has 0 atom stereocenters. The summed E-state index contributed by atoms with van der Waals surface area (Å²) in [5.74, 6) is 0.879. The third-order valence-electron chi connectivity index (χ3n) is 3.07. The van der Waals surface area contributed by atoms with Crippen LogP contribution >= 0.6 is 0 Å². The molecule has 0 saturated carbocycles. The van der Waals surface area contributed by atoms with E-state index >= 15 is 0 Å². The van der Waals surface area contributed by atoms with Gasteiger partial charge in [-0.2, -0.15) is 0 Å². The lowest BCUT2D eigenvalue weighted by Gasteiger charge is -2.18. The molecule has 2 aromatic rings. The van der Waals surface area contributed by atoms with Gasteiger partial charge in [-0.15, -0.1) is 0 Å². The van der Waals surface area contributed by atoms with Crippen molar-refractivity contribution in [3.05, 3.63) is 30.0 Å². The number of rotatable bonds is 5. The predicted molar refractivity (Wildman–Crippen MR) is 84.6 cm³/mol. The number of nitrogens with two attached hydrogens (primary N) is 1. The molecule has 1 heterocycles. The SMILES string of the molecule is CC(C)Oc1ccc2nc(CCN)cc(N(C)C)c2c1. The van der Waals surface area contributed by atoms with Crippen LogP contribution in [0.15, 0.2) is 24.3 Å². The van der Waals surface area contributed by atoms with Crippen molar-refractivity contribution in [1.82, 2.24) is 4.98 Å². The van der Waals surface area contributed by atoms with Crippen LogP contribution in [0.4, 0.5) is 5.69 Å². The van der Waals surface area contributed by atoms with Gasteiger partial charge < -0.3 is 15.4 Å². The largest absolute Gasteiger partial charge is 0.491 e. The number of hydrogen-bond donors (Lipinski definition) is 1. The van der Waals surface area contributed by atoms with Crippen molar-refractivity contribution in [1.29, 1.82) is 0 Å². The van der Waals surface area contributed by atoms with Crippen molar-refractivity contribution < 1.29 is 4.74 Å². The van der Waals surface area contributed by atoms with Gasteiger partial charge in [-0.1, -0.05) is 0 Å². The van der Waals surface area contributed by atoms with Crippen LogP contribution in [-0.2, 0) is 6.42 Å². The number of ether oxygens (including phenoxy) is 1. The van der Waals surface area contributed by atoms with E-state index in [2.05, 4.69) is 22.0 Å². The first-order chi connectivity index (χ1) is 9.51. The van der Waals surface area contributed by atoms with Gasteiger partial charge in [-0.3, -0.25) is 4.98 Å². The van der Waals surface area contributed by atoms with E-state index in [1.165, 1.54) is 0 Å². The van der Waals surface area contributed by atoms with Gasteiger partial charge in [0.25, 0.3) is 0 Å². The first kappa shape index (κ1) is 14.6. The topological polar surface area (TPSA) is 51.4 Å². The zero-order valence-electron chi connectivity index (χ0n) is 12.7. The highest BCUT2D eigenvalue weighted by molar-refractivity contribution is 5.92. The Morgan fingerprint density at radius 3 is 2.60 bits per heavy atom. The minimum absolute atomic E-state index is 0.166. The van der Waals surface area contributed by atoms with Gasteiger partial charge in [-0.05, 0) is 44.7 Å². The van der Waals surface area contributed by atoms with Gasteiger partial charge in [0.2, 0.25) is 0 Å². The molecule has 0 bridgehead atoms. The molecule has 0 aliphatic rings. The Morgan fingerprint density at radius 2 is 2.00 bits per heavy atom. The number of anilines is 1. The minimum Gasteiger partial charge on any atom is -0.491 e. The van der Waals surface area contributed by atoms with Gasteiger partial charge in [0.15, 0.2) is 0 Å². The molecule has 0 amide bonds. The second-order valence-electron chi connectivity index (χ2n) is 5.41. The minimum atomic E-state index is 0.166. The lowest BCUT2D eigenvalue weighted by atomic mass is 10.1. The van der Waals surface area contributed by atoms with E-state index in [9.17, 15) is 0 Å². The van der Waals surface area contributed by atoms with Crippen LogP contribution in [0.1, 0.15) is 19.5 Å². The van der Waals surface area contributed by atoms with E-state index in [1.54, 1.807) is 0 Å². The predicted octanol–water partition coefficient (Wildman–Crippen LogP) is 2.59. The lowest BCUT2D eigenvalue weighted by Crippen LogP contribution is -2.12. The molecule has 108 valence electrons. The van der Waals surface area contributed by atoms with Crippen LogP contribution in [0.3, 0.4) is 0 Å². The highest BCUT2D eigenvalue weighted by Crippen LogP contribution is 2.29. The average molecular weight is 273 g/mol. The summed E-state index contributed by atoms with van der Waals surface area (Å²) in [6, 6.07) is 8.15. The maximum atomic E-state index is 5.77. The van der Waals surface area contributed by atoms with Crippen molar-refractivity contribution in [2.75, 3.05) is 25.5 Å². The lowest BCUT2D eigenvalue weighted by molar-refractivity contribution is 0.243. The Hall–Kier alpha value is -1.81. The maximum Gasteiger partial charge on any atom is 0.120 e. The zero-order chi connectivity index (χ0) is 14.7. The molecular weight excluding hydrogens is 250 g/mol. The summed E-state index contributed by atoms with van der Waals surface area (Å²) in [5.41, 5.74) is 8.79. The van der Waals surface area contributed by atoms with Gasteiger partial charge >= 0.3 is 0 Å². The summed E-state index contributed by atoms with van der Waals surface area (Å²) >= 11 is 0. The molecule has 2 rings (SSSR count). The normalized spacial score (nSPS) is 11.1. The number of aromatic nitrogens is 1. The molecule has 0 fully saturated rings. The summed E-state index contributed by atoms with van der Waals surface area (Å²) in [4.78, 5) is 6.77. The number of nitrogens with zero attached hydrogens (tertiary/aromatic N) is 2. The van der Waals surface area contributed by atoms with Crippen molar-refractivity contribution in [2.24, 2.45) is 5.73 Å². The van der Waals surface area contributed by atoms with E-state index in [-0.39, 0.29) is 6.10 Å². The van der Waals surface area contributed by atoms with Crippen LogP contribution < -0.4 is 15.4 Å². The molecule has 0 radical (unpaired) electrons. The first-order valence-electron chi connectivity index (χ1n) is 6.99. The van der Waals surface area contributed by atoms with E-state index in [4.69, 9.17) is 10.5 Å². The Kier molecular flexibility index (Phi) is 4.45. The van der Waals surface area contributed by atoms with Crippen LogP contribution in [0.25, 0.3) is 10.9 Å². The van der Waals surface area contributed by atoms with Crippen molar-refractivity contribution in [3.8, 4) is 5.75 Å². The number of benzene rings is 1. The molecule has 1 aromatic heterocycles. The Balaban J connectivity index is 2.55. The standard InChI is InChI=1S/C16H23N3O/c1-11(2)20-13-5-6-15-14(10-13)16(19(3)4)9-12(18-15)7-8-17/h5-6,9-11H,7-8,17H2,1-4H3. The summed E-state index contributed by atoms with van der Waals surface area (Å²) < 4.78 is 5.77. The summed E-state index contributed by atoms with van der Waals surface area (Å²) in [7, 11) is 4.08. The quantitative estimate of drug-likeness (QED) is 0.909. The molecule has 0 spiro atoms. The van der Waals surface area contributed by atoms with Crippen LogP contribution in [0.5, 0.6) is 5.75 Å². The Labute approximate surface area is 120 Å². The number of hydrogen-bond acceptors (Lipinski definition) is 4. The van der Waals surface area contributed by atoms with Gasteiger partial charge in [0.1, 0.15) is 5.75 Å². The maximum absolute atomic E-state index is 5.77. The fourth-order valence-corrected chi connectivity index (χ4v) is 2.23. The number of pyridine rings is 1. The van der Waals surface area contributed by atoms with E-state index in [0.717, 1.165) is 34.5 Å². The highest BCUT2D eigenvalue weighted by Gasteiger charge is 2.09. The van der Waals surface area contributed by atoms with Crippen molar-refractivity contribution in [2.45, 2.75) is 26.4 Å². The molecule has 4 nitrogen and oxygen atoms in total. The van der Waals surface area contributed by atoms with Gasteiger partial charge in [-0.25, -0.2) is 0 Å². The summed E-state index contributed by atoms with van der Waals surface area (Å²) in [5, 5.41) is 1.11. The Morgan fingerprint density at radius 1 is 1.25 bits per heavy atom. The van der Waals surface area contributed by atoms with Gasteiger partial charge in [0.05, 0.1) is 11.6 Å². The van der Waals surface area contributed by atoms with E-state index in [0.29, 0.717) is 6.54 Å². The molecule has 1 aromatic carbocycles. The van der Waals surface area contributed by atoms with Gasteiger partial charge in [0, 0.05) is 37.3 Å². The van der Waals surface area contributed by atoms with Crippen molar-refractivity contribution in [3.63, 3.8) is 0 Å². The molecule has 0 aliphatic carbocycles. The molecule has 0 saturated heterocycles. The summed E-state index contributed by atoms with van der Waals surface area (Å²) in [6.07, 6.45) is 0.959. The third kappa shape index (κ3) is 3.20. The zero-order valence-corrected chi connectivity index (χ0v) is 12.7. The Bertz CT molecular complexity index is 594. The van der Waals surface area contributed by atoms with Crippen LogP contribution in [0.2, 0.25) is 0 Å². The number of fused-ring (bicyclic) bond motifs is 1. The molecule has 0 aliphatic heterocycles. The van der Waals surface area contributed by atoms with E-state index in [1.807, 2.05) is 40.1 Å². The smallest absolute Gasteiger partial charge is 0.120 e. The summed E-state index contributed by atoms with van der Waals surface area (Å²) in [6.45, 7) is 4.67. The van der Waals surface area contributed by atoms with Crippen LogP contribution in [-0.4, -0.2) is 31.7 Å². The fraction of sp³-hybridized carbons (Fsp3) is 0.438. The molecule has 4 heteroatoms. The fourth-order valence-electron chi connectivity index (χ4n) is 2.23. The molecule has 20 heavy (non-hydrogen) atoms. The van der Waals surface area contributed by atoms with E-state index < -0.39 is 0 Å². The monoisotopic (exact) mass is 273 g/mol. The molecule has 0 unspecified atom stereocenters. The third-order valence-corrected chi connectivity index (χ3v) is 3.07. The first-order valence-corrected chi connectivity index (χ1v) is 6.99.